The number of ether oxygens (including phenoxy) is 2. The van der Waals surface area contributed by atoms with Crippen LogP contribution in [0.4, 0.5) is 5.69 Å². The maximum atomic E-state index is 13.2. The monoisotopic (exact) mass is 593 g/mol. The molecule has 0 radical (unpaired) electrons. The predicted molar refractivity (Wildman–Crippen MR) is 168 cm³/mol. The molecule has 10 nitrogen and oxygen atoms in total. The number of carbonyl (C=O) groups is 1. The SMILES string of the molecule is N#CCC1CN(C(=O)C=Cc2nc(OCCCN3C[C@@H]4C[C@H]3CO4)nc3c2CCN(c2cccc4ccccc24)C3)CCN1. The minimum atomic E-state index is -0.0682. The lowest BCUT2D eigenvalue weighted by atomic mass is 10.0. The van der Waals surface area contributed by atoms with Gasteiger partial charge < -0.3 is 24.6 Å². The number of rotatable bonds is 9. The number of piperazine rings is 1. The van der Waals surface area contributed by atoms with E-state index in [1.165, 1.54) is 16.5 Å². The summed E-state index contributed by atoms with van der Waals surface area (Å²) in [5.41, 5.74) is 3.94. The fourth-order valence-corrected chi connectivity index (χ4v) is 7.04. The predicted octanol–water partition coefficient (Wildman–Crippen LogP) is 3.16. The first kappa shape index (κ1) is 28.7. The number of hydrogen-bond acceptors (Lipinski definition) is 9. The van der Waals surface area contributed by atoms with E-state index in [2.05, 4.69) is 63.7 Å². The second kappa shape index (κ2) is 12.9. The van der Waals surface area contributed by atoms with Gasteiger partial charge in [0.2, 0.25) is 5.91 Å². The van der Waals surface area contributed by atoms with Crippen molar-refractivity contribution in [2.45, 2.75) is 50.4 Å². The maximum absolute atomic E-state index is 13.2. The number of nitriles is 1. The van der Waals surface area contributed by atoms with Gasteiger partial charge in [-0.15, -0.1) is 0 Å². The number of aromatic nitrogens is 2. The van der Waals surface area contributed by atoms with Gasteiger partial charge in [0.1, 0.15) is 0 Å². The van der Waals surface area contributed by atoms with Crippen molar-refractivity contribution in [3.05, 3.63) is 65.5 Å². The molecule has 1 aromatic heterocycles. The molecule has 4 aliphatic heterocycles. The third-order valence-electron chi connectivity index (χ3n) is 9.31. The molecular formula is C34H39N7O3. The molecule has 228 valence electrons. The second-order valence-electron chi connectivity index (χ2n) is 12.2. The van der Waals surface area contributed by atoms with Crippen LogP contribution in [0.1, 0.15) is 36.2 Å². The second-order valence-corrected chi connectivity index (χ2v) is 12.2. The van der Waals surface area contributed by atoms with E-state index in [4.69, 9.17) is 24.7 Å². The minimum Gasteiger partial charge on any atom is -0.463 e. The van der Waals surface area contributed by atoms with Crippen LogP contribution in [0.2, 0.25) is 0 Å². The number of anilines is 1. The van der Waals surface area contributed by atoms with E-state index in [-0.39, 0.29) is 11.9 Å². The molecule has 0 aliphatic carbocycles. The zero-order chi connectivity index (χ0) is 29.9. The Balaban J connectivity index is 1.10. The summed E-state index contributed by atoms with van der Waals surface area (Å²) >= 11 is 0. The smallest absolute Gasteiger partial charge is 0.317 e. The molecule has 1 amide bonds. The van der Waals surface area contributed by atoms with Crippen LogP contribution in [0.25, 0.3) is 16.8 Å². The molecule has 0 saturated carbocycles. The summed E-state index contributed by atoms with van der Waals surface area (Å²) < 4.78 is 11.9. The molecule has 3 atom stereocenters. The number of morpholine rings is 1. The molecule has 1 unspecified atom stereocenters. The summed E-state index contributed by atoms with van der Waals surface area (Å²) in [6.07, 6.45) is 7.02. The van der Waals surface area contributed by atoms with Gasteiger partial charge >= 0.3 is 6.01 Å². The highest BCUT2D eigenvalue weighted by Crippen LogP contribution is 2.32. The Bertz CT molecular complexity index is 1580. The number of likely N-dealkylation sites (tertiary alicyclic amines) is 1. The average Bonchev–Trinajstić information content (AvgIpc) is 3.69. The van der Waals surface area contributed by atoms with Gasteiger partial charge in [-0.05, 0) is 36.8 Å². The van der Waals surface area contributed by atoms with E-state index in [1.54, 1.807) is 11.0 Å². The Morgan fingerprint density at radius 3 is 2.93 bits per heavy atom. The number of benzene rings is 2. The van der Waals surface area contributed by atoms with E-state index < -0.39 is 0 Å². The van der Waals surface area contributed by atoms with Gasteiger partial charge in [-0.3, -0.25) is 9.69 Å². The van der Waals surface area contributed by atoms with Gasteiger partial charge in [0.25, 0.3) is 0 Å². The fraction of sp³-hybridized carbons (Fsp3) is 0.471. The molecule has 5 heterocycles. The van der Waals surface area contributed by atoms with Crippen LogP contribution in [-0.2, 0) is 22.5 Å². The Labute approximate surface area is 258 Å². The van der Waals surface area contributed by atoms with Crippen LogP contribution in [-0.4, -0.2) is 96.3 Å². The molecule has 1 N–H and O–H groups in total. The van der Waals surface area contributed by atoms with Gasteiger partial charge in [-0.1, -0.05) is 36.4 Å². The first-order valence-corrected chi connectivity index (χ1v) is 15.8. The standard InChI is InChI=1S/C34H39N7O3/c35-13-11-25-20-41(17-14-36-25)33(42)10-9-30-29-12-16-40(32-8-3-6-24-5-1-2-7-28(24)32)22-31(29)38-34(37-30)43-18-4-15-39-21-27-19-26(39)23-44-27/h1-3,5-10,25-27,36H,4,11-12,14-23H2/t25?,26-,27-/m0/s1. The third kappa shape index (κ3) is 6.13. The van der Waals surface area contributed by atoms with Gasteiger partial charge in [-0.25, -0.2) is 0 Å². The summed E-state index contributed by atoms with van der Waals surface area (Å²) in [5.74, 6) is -0.0682. The summed E-state index contributed by atoms with van der Waals surface area (Å²) in [5, 5.41) is 14.8. The van der Waals surface area contributed by atoms with Crippen LogP contribution in [0.3, 0.4) is 0 Å². The number of fused-ring (bicyclic) bond motifs is 4. The normalized spacial score (nSPS) is 23.3. The topological polar surface area (TPSA) is 107 Å². The largest absolute Gasteiger partial charge is 0.463 e. The molecular weight excluding hydrogens is 554 g/mol. The molecule has 2 aromatic carbocycles. The summed E-state index contributed by atoms with van der Waals surface area (Å²) in [7, 11) is 0. The molecule has 4 aliphatic rings. The summed E-state index contributed by atoms with van der Waals surface area (Å²) in [4.78, 5) is 29.6. The third-order valence-corrected chi connectivity index (χ3v) is 9.31. The van der Waals surface area contributed by atoms with Gasteiger partial charge in [-0.2, -0.15) is 15.2 Å². The van der Waals surface area contributed by atoms with Gasteiger partial charge in [0, 0.05) is 74.1 Å². The Morgan fingerprint density at radius 1 is 1.16 bits per heavy atom. The van der Waals surface area contributed by atoms with E-state index in [0.29, 0.717) is 57.4 Å². The zero-order valence-corrected chi connectivity index (χ0v) is 25.0. The van der Waals surface area contributed by atoms with Gasteiger partial charge in [0.05, 0.1) is 49.7 Å². The minimum absolute atomic E-state index is 0.00113. The van der Waals surface area contributed by atoms with Crippen molar-refractivity contribution in [2.24, 2.45) is 0 Å². The zero-order valence-electron chi connectivity index (χ0n) is 25.0. The highest BCUT2D eigenvalue weighted by atomic mass is 16.5. The Kier molecular flexibility index (Phi) is 8.42. The molecule has 0 spiro atoms. The Hall–Kier alpha value is -4.04. The number of nitrogens with zero attached hydrogens (tertiary/aromatic N) is 6. The maximum Gasteiger partial charge on any atom is 0.317 e. The summed E-state index contributed by atoms with van der Waals surface area (Å²) in [6, 6.07) is 18.0. The molecule has 44 heavy (non-hydrogen) atoms. The van der Waals surface area contributed by atoms with Crippen molar-refractivity contribution in [3.63, 3.8) is 0 Å². The lowest BCUT2D eigenvalue weighted by Crippen LogP contribution is -2.52. The van der Waals surface area contributed by atoms with Crippen molar-refractivity contribution >= 4 is 28.4 Å². The quantitative estimate of drug-likeness (QED) is 0.296. The van der Waals surface area contributed by atoms with Crippen LogP contribution < -0.4 is 15.0 Å². The van der Waals surface area contributed by atoms with Gasteiger partial charge in [0.15, 0.2) is 0 Å². The fourth-order valence-electron chi connectivity index (χ4n) is 7.04. The molecule has 10 heteroatoms. The molecule has 7 rings (SSSR count). The van der Waals surface area contributed by atoms with Crippen molar-refractivity contribution in [1.82, 2.24) is 25.1 Å². The molecule has 3 fully saturated rings. The van der Waals surface area contributed by atoms with Crippen LogP contribution in [0.5, 0.6) is 6.01 Å². The average molecular weight is 594 g/mol. The highest BCUT2D eigenvalue weighted by molar-refractivity contribution is 5.94. The first-order valence-electron chi connectivity index (χ1n) is 15.8. The molecule has 2 bridgehead atoms. The van der Waals surface area contributed by atoms with E-state index in [9.17, 15) is 4.79 Å². The number of hydrogen-bond donors (Lipinski definition) is 1. The highest BCUT2D eigenvalue weighted by Gasteiger charge is 2.38. The lowest BCUT2D eigenvalue weighted by molar-refractivity contribution is -0.127. The Morgan fingerprint density at radius 2 is 2.07 bits per heavy atom. The number of amides is 1. The lowest BCUT2D eigenvalue weighted by Gasteiger charge is -2.32. The van der Waals surface area contributed by atoms with E-state index in [0.717, 1.165) is 62.5 Å². The van der Waals surface area contributed by atoms with Crippen LogP contribution >= 0.6 is 0 Å². The molecule has 3 saturated heterocycles. The van der Waals surface area contributed by atoms with E-state index >= 15 is 0 Å². The van der Waals surface area contributed by atoms with Crippen molar-refractivity contribution in [2.75, 3.05) is 57.4 Å². The van der Waals surface area contributed by atoms with Crippen molar-refractivity contribution in [1.29, 1.82) is 5.26 Å². The summed E-state index contributed by atoms with van der Waals surface area (Å²) in [6.45, 7) is 6.65. The number of nitrogens with one attached hydrogen (secondary N) is 1. The van der Waals surface area contributed by atoms with Crippen LogP contribution in [0.15, 0.2) is 48.5 Å². The van der Waals surface area contributed by atoms with Crippen LogP contribution in [0, 0.1) is 11.3 Å². The van der Waals surface area contributed by atoms with E-state index in [1.807, 2.05) is 6.08 Å². The molecule has 3 aromatic rings. The first-order chi connectivity index (χ1) is 21.6. The van der Waals surface area contributed by atoms with Crippen molar-refractivity contribution in [3.8, 4) is 12.1 Å². The van der Waals surface area contributed by atoms with Crippen molar-refractivity contribution < 1.29 is 14.3 Å². The number of carbonyl (C=O) groups excluding carboxylic acids is 1.